The molecule has 0 aliphatic heterocycles. The molecule has 8 aromatic rings. The largest absolute Gasteiger partial charge is 0.478 e. The lowest BCUT2D eigenvalue weighted by Crippen LogP contribution is -2.04. The number of nitrogens with one attached hydrogen (secondary N) is 2. The Morgan fingerprint density at radius 2 is 0.860 bits per heavy atom. The van der Waals surface area contributed by atoms with Crippen LogP contribution in [0.2, 0.25) is 0 Å². The molecule has 0 spiro atoms. The van der Waals surface area contributed by atoms with Gasteiger partial charge in [0.15, 0.2) is 46.5 Å². The summed E-state index contributed by atoms with van der Waals surface area (Å²) < 4.78 is 118. The zero-order valence-electron chi connectivity index (χ0n) is 28.8. The molecule has 0 unspecified atom stereocenters. The van der Waals surface area contributed by atoms with Crippen LogP contribution in [0.5, 0.6) is 0 Å². The van der Waals surface area contributed by atoms with Crippen LogP contribution in [0.15, 0.2) is 91.0 Å². The molecule has 8 nitrogen and oxygen atoms in total. The third kappa shape index (κ3) is 6.60. The zero-order chi connectivity index (χ0) is 40.9. The van der Waals surface area contributed by atoms with Gasteiger partial charge in [-0.3, -0.25) is 0 Å². The van der Waals surface area contributed by atoms with Crippen LogP contribution >= 0.6 is 0 Å². The summed E-state index contributed by atoms with van der Waals surface area (Å²) >= 11 is 0. The second-order valence-electron chi connectivity index (χ2n) is 12.4. The van der Waals surface area contributed by atoms with Gasteiger partial charge in [0.2, 0.25) is 0 Å². The first-order valence-corrected chi connectivity index (χ1v) is 16.5. The van der Waals surface area contributed by atoms with Gasteiger partial charge in [-0.2, -0.15) is 0 Å². The number of hydrogen-bond donors (Lipinski definition) is 4. The number of rotatable bonds is 6. The van der Waals surface area contributed by atoms with E-state index in [1.807, 2.05) is 0 Å². The summed E-state index contributed by atoms with van der Waals surface area (Å²) in [5.41, 5.74) is -3.50. The number of carbonyl (C=O) groups is 2. The molecule has 0 amide bonds. The summed E-state index contributed by atoms with van der Waals surface area (Å²) in [7, 11) is 0. The van der Waals surface area contributed by atoms with E-state index in [1.54, 1.807) is 19.1 Å². The highest BCUT2D eigenvalue weighted by molar-refractivity contribution is 6.03. The molecule has 6 aromatic carbocycles. The van der Waals surface area contributed by atoms with Crippen molar-refractivity contribution in [2.24, 2.45) is 0 Å². The SMILES string of the molecule is Cc1cc(C(=O)O)c2nc(-c3c(F)c(F)c(-c4ccccc4)c(F)c3F)[nH]c2c1.O=C(O)c1cccc2[nH]c(-c3c(F)c(F)c(-c4ccccc4)c(F)c3F)nc12. The second-order valence-corrected chi connectivity index (χ2v) is 12.4. The number of aryl methyl sites for hydroxylation is 1. The van der Waals surface area contributed by atoms with Gasteiger partial charge in [-0.05, 0) is 47.9 Å². The Morgan fingerprint density at radius 1 is 0.474 bits per heavy atom. The predicted octanol–water partition coefficient (Wildman–Crippen LogP) is 10.6. The van der Waals surface area contributed by atoms with Crippen molar-refractivity contribution in [3.63, 3.8) is 0 Å². The molecule has 57 heavy (non-hydrogen) atoms. The van der Waals surface area contributed by atoms with E-state index < -0.39 is 92.4 Å². The molecule has 2 aromatic heterocycles. The highest BCUT2D eigenvalue weighted by atomic mass is 19.2. The fourth-order valence-corrected chi connectivity index (χ4v) is 6.26. The number of carboxylic acid groups (broad SMARTS) is 2. The maximum Gasteiger partial charge on any atom is 0.337 e. The van der Waals surface area contributed by atoms with Crippen LogP contribution in [0.3, 0.4) is 0 Å². The third-order valence-electron chi connectivity index (χ3n) is 8.83. The summed E-state index contributed by atoms with van der Waals surface area (Å²) in [6.07, 6.45) is 0. The monoisotopic (exact) mass is 786 g/mol. The Morgan fingerprint density at radius 3 is 1.28 bits per heavy atom. The number of aromatic amines is 2. The smallest absolute Gasteiger partial charge is 0.337 e. The number of aromatic nitrogens is 4. The average Bonchev–Trinajstić information content (AvgIpc) is 3.82. The normalized spacial score (nSPS) is 11.2. The van der Waals surface area contributed by atoms with Gasteiger partial charge in [-0.15, -0.1) is 0 Å². The van der Waals surface area contributed by atoms with Crippen LogP contribution < -0.4 is 0 Å². The van der Waals surface area contributed by atoms with Crippen LogP contribution in [0.4, 0.5) is 35.1 Å². The van der Waals surface area contributed by atoms with Gasteiger partial charge in [0.05, 0.1) is 44.4 Å². The van der Waals surface area contributed by atoms with Gasteiger partial charge in [0.25, 0.3) is 0 Å². The summed E-state index contributed by atoms with van der Waals surface area (Å²) in [6, 6.07) is 21.3. The maximum absolute atomic E-state index is 14.8. The Hall–Kier alpha value is -7.36. The second kappa shape index (κ2) is 14.7. The maximum atomic E-state index is 14.8. The number of hydrogen-bond acceptors (Lipinski definition) is 4. The van der Waals surface area contributed by atoms with Crippen molar-refractivity contribution in [2.75, 3.05) is 0 Å². The van der Waals surface area contributed by atoms with Crippen molar-refractivity contribution in [3.05, 3.63) is 154 Å². The Bertz CT molecular complexity index is 2860. The van der Waals surface area contributed by atoms with E-state index in [4.69, 9.17) is 0 Å². The molecule has 0 saturated heterocycles. The minimum absolute atomic E-state index is 0.0276. The molecule has 0 radical (unpaired) electrons. The van der Waals surface area contributed by atoms with Crippen LogP contribution in [-0.4, -0.2) is 42.1 Å². The first-order chi connectivity index (χ1) is 27.2. The topological polar surface area (TPSA) is 132 Å². The molecule has 0 saturated carbocycles. The number of imidazole rings is 2. The van der Waals surface area contributed by atoms with E-state index in [0.29, 0.717) is 5.56 Å². The molecular formula is C41H22F8N4O4. The van der Waals surface area contributed by atoms with Crippen molar-refractivity contribution in [1.82, 2.24) is 19.9 Å². The predicted molar refractivity (Wildman–Crippen MR) is 192 cm³/mol. The first-order valence-electron chi connectivity index (χ1n) is 16.5. The summed E-state index contributed by atoms with van der Waals surface area (Å²) in [6.45, 7) is 1.63. The minimum atomic E-state index is -1.63. The summed E-state index contributed by atoms with van der Waals surface area (Å²) in [5.74, 6) is -16.4. The summed E-state index contributed by atoms with van der Waals surface area (Å²) in [4.78, 5) is 35.5. The molecule has 2 heterocycles. The molecule has 0 atom stereocenters. The molecule has 0 bridgehead atoms. The molecular weight excluding hydrogens is 764 g/mol. The molecule has 0 aliphatic rings. The zero-order valence-corrected chi connectivity index (χ0v) is 28.8. The average molecular weight is 787 g/mol. The van der Waals surface area contributed by atoms with Crippen molar-refractivity contribution < 1.29 is 54.9 Å². The van der Waals surface area contributed by atoms with Crippen molar-refractivity contribution in [1.29, 1.82) is 0 Å². The fraction of sp³-hybridized carbons (Fsp3) is 0.0244. The number of halogens is 8. The number of fused-ring (bicyclic) bond motifs is 2. The molecule has 4 N–H and O–H groups in total. The lowest BCUT2D eigenvalue weighted by Gasteiger charge is -2.11. The molecule has 8 rings (SSSR count). The fourth-order valence-electron chi connectivity index (χ4n) is 6.26. The van der Waals surface area contributed by atoms with Gasteiger partial charge < -0.3 is 20.2 Å². The lowest BCUT2D eigenvalue weighted by atomic mass is 10.0. The molecule has 286 valence electrons. The van der Waals surface area contributed by atoms with Crippen LogP contribution in [0.1, 0.15) is 26.3 Å². The lowest BCUT2D eigenvalue weighted by molar-refractivity contribution is 0.0688. The first kappa shape index (κ1) is 37.9. The van der Waals surface area contributed by atoms with E-state index in [2.05, 4.69) is 19.9 Å². The van der Waals surface area contributed by atoms with Gasteiger partial charge in [-0.1, -0.05) is 66.7 Å². The van der Waals surface area contributed by atoms with Gasteiger partial charge in [0, 0.05) is 0 Å². The number of carboxylic acids is 2. The highest BCUT2D eigenvalue weighted by Gasteiger charge is 2.31. The number of para-hydroxylation sites is 1. The number of benzene rings is 6. The van der Waals surface area contributed by atoms with Crippen molar-refractivity contribution in [2.45, 2.75) is 6.92 Å². The van der Waals surface area contributed by atoms with E-state index in [0.717, 1.165) is 0 Å². The molecule has 16 heteroatoms. The minimum Gasteiger partial charge on any atom is -0.478 e. The van der Waals surface area contributed by atoms with E-state index in [9.17, 15) is 54.9 Å². The highest BCUT2D eigenvalue weighted by Crippen LogP contribution is 2.38. The Kier molecular flexibility index (Phi) is 9.79. The van der Waals surface area contributed by atoms with Crippen LogP contribution in [0.25, 0.3) is 67.1 Å². The van der Waals surface area contributed by atoms with Crippen LogP contribution in [0, 0.1) is 53.5 Å². The van der Waals surface area contributed by atoms with E-state index >= 15 is 0 Å². The quantitative estimate of drug-likeness (QED) is 0.0980. The standard InChI is InChI=1S/C21H12F4N2O2.C20H10F4N2O2/c1-9-7-11(21(28)29)19-12(8-9)26-20(27-19)14-17(24)15(22)13(16(23)18(14)25)10-5-3-2-4-6-10;21-14-12(9-5-2-1-3-6-9)15(22)17(24)13(16(14)23)19-25-11-8-4-7-10(20(27)28)18(11)26-19/h2-8H,1H3,(H,26,27)(H,28,29);1-8H,(H,25,26)(H,27,28). The summed E-state index contributed by atoms with van der Waals surface area (Å²) in [5, 5.41) is 18.5. The Labute approximate surface area is 314 Å². The number of nitrogens with zero attached hydrogens (tertiary/aromatic N) is 2. The Balaban J connectivity index is 0.000000174. The number of aromatic carboxylic acids is 2. The van der Waals surface area contributed by atoms with Crippen molar-refractivity contribution in [3.8, 4) is 45.0 Å². The van der Waals surface area contributed by atoms with Crippen LogP contribution in [-0.2, 0) is 0 Å². The van der Waals surface area contributed by atoms with Gasteiger partial charge in [0.1, 0.15) is 22.7 Å². The van der Waals surface area contributed by atoms with Gasteiger partial charge >= 0.3 is 11.9 Å². The molecule has 0 fully saturated rings. The van der Waals surface area contributed by atoms with E-state index in [1.165, 1.54) is 78.9 Å². The van der Waals surface area contributed by atoms with E-state index in [-0.39, 0.29) is 44.3 Å². The molecule has 0 aliphatic carbocycles. The van der Waals surface area contributed by atoms with Crippen molar-refractivity contribution >= 4 is 34.0 Å². The third-order valence-corrected chi connectivity index (χ3v) is 8.83. The van der Waals surface area contributed by atoms with Gasteiger partial charge in [-0.25, -0.2) is 54.7 Å². The number of H-pyrrole nitrogens is 2.